The first-order valence-corrected chi connectivity index (χ1v) is 7.51. The fraction of sp³-hybridized carbons (Fsp3) is 0.200. The molecule has 0 fully saturated rings. The molecule has 2 aromatic rings. The van der Waals surface area contributed by atoms with E-state index in [9.17, 15) is 4.79 Å². The Balaban J connectivity index is 1.86. The number of aromatic nitrogens is 1. The number of hydrogen-bond donors (Lipinski definition) is 1. The van der Waals surface area contributed by atoms with Crippen LogP contribution in [0.2, 0.25) is 5.02 Å². The van der Waals surface area contributed by atoms with Crippen LogP contribution in [0.25, 0.3) is 0 Å². The summed E-state index contributed by atoms with van der Waals surface area (Å²) in [5, 5.41) is 9.89. The highest BCUT2D eigenvalue weighted by atomic mass is 35.5. The summed E-state index contributed by atoms with van der Waals surface area (Å²) in [5.74, 6) is -1.02. The first-order chi connectivity index (χ1) is 9.63. The molecule has 3 rings (SSSR count). The number of rotatable bonds is 3. The second-order valence-corrected chi connectivity index (χ2v) is 6.17. The number of nitrogens with zero attached hydrogens (tertiary/aromatic N) is 1. The van der Waals surface area contributed by atoms with E-state index in [0.717, 1.165) is 17.7 Å². The van der Waals surface area contributed by atoms with E-state index in [1.807, 2.05) is 0 Å². The molecule has 0 bridgehead atoms. The number of pyridine rings is 1. The molecule has 1 heterocycles. The number of fused-ring (bicyclic) bond motifs is 1. The van der Waals surface area contributed by atoms with Crippen molar-refractivity contribution < 1.29 is 9.90 Å². The second-order valence-electron chi connectivity index (χ2n) is 4.70. The first-order valence-electron chi connectivity index (χ1n) is 6.32. The van der Waals surface area contributed by atoms with Crippen LogP contribution in [-0.4, -0.2) is 16.1 Å². The Kier molecular flexibility index (Phi) is 3.68. The zero-order chi connectivity index (χ0) is 14.1. The standard InChI is InChI=1S/C15H12ClNO2S/c16-13-7-11(15(18)19)8-17-14(13)20-12-5-4-9-2-1-3-10(9)6-12/h4-8H,1-3H2,(H,18,19). The highest BCUT2D eigenvalue weighted by Crippen LogP contribution is 2.34. The molecule has 0 atom stereocenters. The van der Waals surface area contributed by atoms with Crippen molar-refractivity contribution in [2.24, 2.45) is 0 Å². The Hall–Kier alpha value is -1.52. The van der Waals surface area contributed by atoms with Gasteiger partial charge in [0, 0.05) is 11.1 Å². The van der Waals surface area contributed by atoms with E-state index in [1.165, 1.54) is 41.6 Å². The summed E-state index contributed by atoms with van der Waals surface area (Å²) < 4.78 is 0. The van der Waals surface area contributed by atoms with Crippen LogP contribution in [-0.2, 0) is 12.8 Å². The molecular formula is C15H12ClNO2S. The predicted octanol–water partition coefficient (Wildman–Crippen LogP) is 4.07. The van der Waals surface area contributed by atoms with Gasteiger partial charge in [0.25, 0.3) is 0 Å². The third kappa shape index (κ3) is 2.67. The number of aryl methyl sites for hydroxylation is 2. The lowest BCUT2D eigenvalue weighted by molar-refractivity contribution is 0.0696. The van der Waals surface area contributed by atoms with Crippen LogP contribution in [0.4, 0.5) is 0 Å². The van der Waals surface area contributed by atoms with E-state index in [1.54, 1.807) is 0 Å². The van der Waals surface area contributed by atoms with Gasteiger partial charge in [-0.2, -0.15) is 0 Å². The Labute approximate surface area is 126 Å². The van der Waals surface area contributed by atoms with E-state index < -0.39 is 5.97 Å². The van der Waals surface area contributed by atoms with Crippen molar-refractivity contribution in [2.45, 2.75) is 29.2 Å². The number of hydrogen-bond acceptors (Lipinski definition) is 3. The van der Waals surface area contributed by atoms with Gasteiger partial charge in [0.1, 0.15) is 5.03 Å². The van der Waals surface area contributed by atoms with Crippen LogP contribution < -0.4 is 0 Å². The van der Waals surface area contributed by atoms with E-state index in [4.69, 9.17) is 16.7 Å². The number of carboxylic acid groups (broad SMARTS) is 1. The van der Waals surface area contributed by atoms with Gasteiger partial charge in [-0.3, -0.25) is 0 Å². The minimum atomic E-state index is -1.02. The molecule has 0 aliphatic heterocycles. The Morgan fingerprint density at radius 1 is 1.25 bits per heavy atom. The van der Waals surface area contributed by atoms with Gasteiger partial charge in [-0.1, -0.05) is 29.4 Å². The van der Waals surface area contributed by atoms with Crippen molar-refractivity contribution in [3.63, 3.8) is 0 Å². The quantitative estimate of drug-likeness (QED) is 0.928. The summed E-state index contributed by atoms with van der Waals surface area (Å²) in [6.07, 6.45) is 4.84. The van der Waals surface area contributed by atoms with Crippen LogP contribution in [0.15, 0.2) is 40.4 Å². The molecule has 0 spiro atoms. The van der Waals surface area contributed by atoms with E-state index >= 15 is 0 Å². The maximum Gasteiger partial charge on any atom is 0.337 e. The average Bonchev–Trinajstić information content (AvgIpc) is 2.88. The third-order valence-corrected chi connectivity index (χ3v) is 4.75. The fourth-order valence-corrected chi connectivity index (χ4v) is 3.45. The van der Waals surface area contributed by atoms with Crippen molar-refractivity contribution in [3.8, 4) is 0 Å². The minimum Gasteiger partial charge on any atom is -0.478 e. The molecule has 0 radical (unpaired) electrons. The van der Waals surface area contributed by atoms with Gasteiger partial charge in [-0.05, 0) is 48.6 Å². The summed E-state index contributed by atoms with van der Waals surface area (Å²) >= 11 is 7.56. The molecule has 1 aromatic carbocycles. The SMILES string of the molecule is O=C(O)c1cnc(Sc2ccc3c(c2)CCC3)c(Cl)c1. The topological polar surface area (TPSA) is 50.2 Å². The Bertz CT molecular complexity index is 688. The molecule has 0 unspecified atom stereocenters. The number of halogens is 1. The highest BCUT2D eigenvalue weighted by Gasteiger charge is 2.13. The van der Waals surface area contributed by atoms with Gasteiger partial charge >= 0.3 is 5.97 Å². The number of carboxylic acids is 1. The van der Waals surface area contributed by atoms with Crippen molar-refractivity contribution in [1.29, 1.82) is 0 Å². The summed E-state index contributed by atoms with van der Waals surface area (Å²) in [4.78, 5) is 16.1. The molecular weight excluding hydrogens is 294 g/mol. The normalized spacial score (nSPS) is 13.2. The molecule has 0 saturated heterocycles. The van der Waals surface area contributed by atoms with E-state index in [-0.39, 0.29) is 5.56 Å². The molecule has 102 valence electrons. The van der Waals surface area contributed by atoms with Crippen LogP contribution in [0.3, 0.4) is 0 Å². The molecule has 1 aliphatic carbocycles. The third-order valence-electron chi connectivity index (χ3n) is 3.34. The van der Waals surface area contributed by atoms with Crippen LogP contribution in [0.5, 0.6) is 0 Å². The van der Waals surface area contributed by atoms with Gasteiger partial charge < -0.3 is 5.11 Å². The lowest BCUT2D eigenvalue weighted by Crippen LogP contribution is -1.97. The number of carbonyl (C=O) groups is 1. The maximum atomic E-state index is 10.8. The zero-order valence-corrected chi connectivity index (χ0v) is 12.2. The van der Waals surface area contributed by atoms with Gasteiger partial charge in [0.05, 0.1) is 10.6 Å². The van der Waals surface area contributed by atoms with Gasteiger partial charge in [-0.25, -0.2) is 9.78 Å². The number of aromatic carboxylic acids is 1. The van der Waals surface area contributed by atoms with Crippen molar-refractivity contribution >= 4 is 29.3 Å². The van der Waals surface area contributed by atoms with Gasteiger partial charge in [0.15, 0.2) is 0 Å². The fourth-order valence-electron chi connectivity index (χ4n) is 2.34. The number of benzene rings is 1. The molecule has 1 N–H and O–H groups in total. The van der Waals surface area contributed by atoms with E-state index in [0.29, 0.717) is 10.0 Å². The van der Waals surface area contributed by atoms with Gasteiger partial charge in [-0.15, -0.1) is 0 Å². The minimum absolute atomic E-state index is 0.105. The smallest absolute Gasteiger partial charge is 0.337 e. The first kappa shape index (κ1) is 13.5. The summed E-state index contributed by atoms with van der Waals surface area (Å²) in [5.41, 5.74) is 2.93. The Morgan fingerprint density at radius 3 is 2.80 bits per heavy atom. The van der Waals surface area contributed by atoms with Crippen molar-refractivity contribution in [3.05, 3.63) is 52.2 Å². The molecule has 1 aliphatic rings. The molecule has 5 heteroatoms. The zero-order valence-electron chi connectivity index (χ0n) is 10.6. The van der Waals surface area contributed by atoms with Crippen LogP contribution in [0.1, 0.15) is 27.9 Å². The van der Waals surface area contributed by atoms with Crippen molar-refractivity contribution in [2.75, 3.05) is 0 Å². The largest absolute Gasteiger partial charge is 0.478 e. The van der Waals surface area contributed by atoms with Crippen LogP contribution in [0, 0.1) is 0 Å². The maximum absolute atomic E-state index is 10.8. The van der Waals surface area contributed by atoms with E-state index in [2.05, 4.69) is 23.2 Å². The average molecular weight is 306 g/mol. The summed E-state index contributed by atoms with van der Waals surface area (Å²) in [6, 6.07) is 7.84. The molecule has 0 amide bonds. The highest BCUT2D eigenvalue weighted by molar-refractivity contribution is 7.99. The lowest BCUT2D eigenvalue weighted by atomic mass is 10.1. The second kappa shape index (κ2) is 5.46. The molecule has 1 aromatic heterocycles. The molecule has 20 heavy (non-hydrogen) atoms. The molecule has 3 nitrogen and oxygen atoms in total. The van der Waals surface area contributed by atoms with Crippen LogP contribution >= 0.6 is 23.4 Å². The summed E-state index contributed by atoms with van der Waals surface area (Å²) in [7, 11) is 0. The predicted molar refractivity (Wildman–Crippen MR) is 78.8 cm³/mol. The monoisotopic (exact) mass is 305 g/mol. The van der Waals surface area contributed by atoms with Gasteiger partial charge in [0.2, 0.25) is 0 Å². The summed E-state index contributed by atoms with van der Waals surface area (Å²) in [6.45, 7) is 0. The molecule has 0 saturated carbocycles. The lowest BCUT2D eigenvalue weighted by Gasteiger charge is -2.06. The Morgan fingerprint density at radius 2 is 2.05 bits per heavy atom. The van der Waals surface area contributed by atoms with Crippen molar-refractivity contribution in [1.82, 2.24) is 4.98 Å².